The summed E-state index contributed by atoms with van der Waals surface area (Å²) in [7, 11) is 1.81. The zero-order chi connectivity index (χ0) is 27.6. The number of nitrogens with zero attached hydrogens (tertiary/aromatic N) is 5. The summed E-state index contributed by atoms with van der Waals surface area (Å²) in [5, 5.41) is 8.15. The van der Waals surface area contributed by atoms with Crippen LogP contribution in [0.1, 0.15) is 54.6 Å². The summed E-state index contributed by atoms with van der Waals surface area (Å²) < 4.78 is 34.8. The van der Waals surface area contributed by atoms with Crippen LogP contribution < -0.4 is 0 Å². The fourth-order valence-corrected chi connectivity index (χ4v) is 6.32. The number of ether oxygens (including phenoxy) is 1. The minimum Gasteiger partial charge on any atom is -0.427 e. The van der Waals surface area contributed by atoms with Crippen LogP contribution in [0.3, 0.4) is 0 Å². The summed E-state index contributed by atoms with van der Waals surface area (Å²) in [6.45, 7) is 3.23. The van der Waals surface area contributed by atoms with Gasteiger partial charge in [-0.05, 0) is 62.4 Å². The van der Waals surface area contributed by atoms with Gasteiger partial charge in [-0.15, -0.1) is 5.10 Å². The van der Waals surface area contributed by atoms with Crippen molar-refractivity contribution < 1.29 is 27.9 Å². The van der Waals surface area contributed by atoms with Gasteiger partial charge in [0.25, 0.3) is 5.91 Å². The van der Waals surface area contributed by atoms with Crippen molar-refractivity contribution in [2.45, 2.75) is 57.2 Å². The number of hydrogen-bond donors (Lipinski definition) is 0. The standard InChI is InChI=1S/C28H27F2N5O4/c1-15-4-9-23(18-6-8-21(29)22(30)13-18)35(15)24(36)14-34-26(37)28(39-27(34)38)11-10-17-12-19(5-7-20(17)28)25-16(2)31-32-33(25)3/h5-8,12-13,15,23H,4,9-11,14H2,1-3H3/t15-,23-,28?/m0/s1. The van der Waals surface area contributed by atoms with Gasteiger partial charge >= 0.3 is 6.09 Å². The third-order valence-electron chi connectivity index (χ3n) is 8.21. The molecule has 9 nitrogen and oxygen atoms in total. The molecule has 3 amide bonds. The predicted molar refractivity (Wildman–Crippen MR) is 134 cm³/mol. The Kier molecular flexibility index (Phi) is 5.78. The van der Waals surface area contributed by atoms with E-state index in [1.165, 1.54) is 6.07 Å². The number of amides is 3. The van der Waals surface area contributed by atoms with E-state index in [0.29, 0.717) is 30.4 Å². The highest BCUT2D eigenvalue weighted by atomic mass is 19.2. The number of likely N-dealkylation sites (tertiary alicyclic amines) is 1. The number of imide groups is 1. The van der Waals surface area contributed by atoms with Crippen LogP contribution in [0.5, 0.6) is 0 Å². The lowest BCUT2D eigenvalue weighted by Gasteiger charge is -2.30. The molecule has 0 radical (unpaired) electrons. The second kappa shape index (κ2) is 8.96. The summed E-state index contributed by atoms with van der Waals surface area (Å²) in [6, 6.07) is 8.51. The molecule has 1 aromatic heterocycles. The van der Waals surface area contributed by atoms with Crippen LogP contribution in [-0.2, 0) is 33.4 Å². The van der Waals surface area contributed by atoms with Gasteiger partial charge in [0.15, 0.2) is 11.6 Å². The number of aromatic nitrogens is 3. The van der Waals surface area contributed by atoms with Crippen molar-refractivity contribution in [2.75, 3.05) is 6.54 Å². The molecule has 1 spiro atoms. The van der Waals surface area contributed by atoms with E-state index in [2.05, 4.69) is 10.3 Å². The van der Waals surface area contributed by atoms with Crippen molar-refractivity contribution in [2.24, 2.45) is 7.05 Å². The van der Waals surface area contributed by atoms with E-state index in [0.717, 1.165) is 39.5 Å². The first-order valence-electron chi connectivity index (χ1n) is 12.9. The van der Waals surface area contributed by atoms with Crippen molar-refractivity contribution in [1.82, 2.24) is 24.8 Å². The van der Waals surface area contributed by atoms with Gasteiger partial charge in [-0.3, -0.25) is 9.59 Å². The molecule has 1 aliphatic carbocycles. The Morgan fingerprint density at radius 1 is 1.13 bits per heavy atom. The highest BCUT2D eigenvalue weighted by Crippen LogP contribution is 2.46. The lowest BCUT2D eigenvalue weighted by atomic mass is 9.93. The summed E-state index contributed by atoms with van der Waals surface area (Å²) in [4.78, 5) is 42.5. The van der Waals surface area contributed by atoms with Gasteiger partial charge in [0.1, 0.15) is 6.54 Å². The fraction of sp³-hybridized carbons (Fsp3) is 0.393. The van der Waals surface area contributed by atoms with E-state index in [1.54, 1.807) is 22.7 Å². The molecular formula is C28H27F2N5O4. The van der Waals surface area contributed by atoms with Crippen LogP contribution in [0.15, 0.2) is 36.4 Å². The van der Waals surface area contributed by atoms with Crippen molar-refractivity contribution in [3.63, 3.8) is 0 Å². The molecule has 1 unspecified atom stereocenters. The average molecular weight is 536 g/mol. The molecule has 2 saturated heterocycles. The van der Waals surface area contributed by atoms with Crippen LogP contribution in [0.25, 0.3) is 11.3 Å². The third kappa shape index (κ3) is 3.82. The Balaban J connectivity index is 1.25. The molecule has 0 bridgehead atoms. The summed E-state index contributed by atoms with van der Waals surface area (Å²) in [5.41, 5.74) is 3.02. The molecule has 6 rings (SSSR count). The first-order valence-corrected chi connectivity index (χ1v) is 12.9. The van der Waals surface area contributed by atoms with E-state index < -0.39 is 47.7 Å². The Morgan fingerprint density at radius 3 is 2.64 bits per heavy atom. The number of rotatable bonds is 4. The molecule has 3 heterocycles. The van der Waals surface area contributed by atoms with E-state index >= 15 is 0 Å². The Morgan fingerprint density at radius 2 is 1.92 bits per heavy atom. The molecule has 0 saturated carbocycles. The van der Waals surface area contributed by atoms with E-state index in [-0.39, 0.29) is 12.5 Å². The van der Waals surface area contributed by atoms with Gasteiger partial charge < -0.3 is 9.64 Å². The highest BCUT2D eigenvalue weighted by molar-refractivity contribution is 6.06. The largest absolute Gasteiger partial charge is 0.427 e. The van der Waals surface area contributed by atoms with E-state index in [9.17, 15) is 23.2 Å². The molecule has 3 aliphatic rings. The number of carbonyl (C=O) groups is 3. The zero-order valence-electron chi connectivity index (χ0n) is 21.8. The molecule has 2 aliphatic heterocycles. The Bertz CT molecular complexity index is 1520. The number of hydrogen-bond acceptors (Lipinski definition) is 6. The van der Waals surface area contributed by atoms with Crippen LogP contribution in [0.2, 0.25) is 0 Å². The van der Waals surface area contributed by atoms with Crippen molar-refractivity contribution in [3.05, 3.63) is 70.4 Å². The number of benzene rings is 2. The fourth-order valence-electron chi connectivity index (χ4n) is 6.32. The Hall–Kier alpha value is -4.15. The highest BCUT2D eigenvalue weighted by Gasteiger charge is 2.58. The SMILES string of the molecule is Cc1nnn(C)c1-c1ccc2c(c1)CCC21OC(=O)N(CC(=O)N2[C@@H](C)CC[C@H]2c2ccc(F)c(F)c2)C1=O. The molecular weight excluding hydrogens is 508 g/mol. The molecule has 3 atom stereocenters. The number of carbonyl (C=O) groups excluding carboxylic acids is 3. The topological polar surface area (TPSA) is 97.6 Å². The maximum atomic E-state index is 13.9. The lowest BCUT2D eigenvalue weighted by molar-refractivity contribution is -0.143. The van der Waals surface area contributed by atoms with Gasteiger partial charge in [-0.2, -0.15) is 0 Å². The molecule has 11 heteroatoms. The van der Waals surface area contributed by atoms with Gasteiger partial charge in [0.2, 0.25) is 11.5 Å². The normalized spacial score (nSPS) is 24.1. The van der Waals surface area contributed by atoms with Crippen LogP contribution in [-0.4, -0.2) is 55.3 Å². The zero-order valence-corrected chi connectivity index (χ0v) is 21.8. The van der Waals surface area contributed by atoms with E-state index in [4.69, 9.17) is 4.74 Å². The van der Waals surface area contributed by atoms with Crippen molar-refractivity contribution in [3.8, 4) is 11.3 Å². The van der Waals surface area contributed by atoms with Gasteiger partial charge in [-0.1, -0.05) is 23.4 Å². The monoisotopic (exact) mass is 535 g/mol. The minimum absolute atomic E-state index is 0.200. The number of fused-ring (bicyclic) bond motifs is 2. The Labute approximate surface area is 223 Å². The minimum atomic E-state index is -1.47. The second-order valence-corrected chi connectivity index (χ2v) is 10.5. The maximum absolute atomic E-state index is 13.9. The smallest absolute Gasteiger partial charge is 0.418 e. The van der Waals surface area contributed by atoms with Gasteiger partial charge in [0.05, 0.1) is 17.4 Å². The van der Waals surface area contributed by atoms with Crippen LogP contribution >= 0.6 is 0 Å². The molecule has 3 aromatic rings. The number of aryl methyl sites for hydroxylation is 3. The maximum Gasteiger partial charge on any atom is 0.418 e. The first-order chi connectivity index (χ1) is 18.6. The average Bonchev–Trinajstić information content (AvgIpc) is 3.63. The van der Waals surface area contributed by atoms with Crippen LogP contribution in [0.4, 0.5) is 13.6 Å². The van der Waals surface area contributed by atoms with E-state index in [1.807, 2.05) is 26.0 Å². The van der Waals surface area contributed by atoms with Gasteiger partial charge in [0, 0.05) is 30.6 Å². The van der Waals surface area contributed by atoms with Crippen molar-refractivity contribution >= 4 is 17.9 Å². The van der Waals surface area contributed by atoms with Gasteiger partial charge in [-0.25, -0.2) is 23.2 Å². The quantitative estimate of drug-likeness (QED) is 0.502. The summed E-state index contributed by atoms with van der Waals surface area (Å²) in [5.74, 6) is -2.97. The first kappa shape index (κ1) is 25.1. The predicted octanol–water partition coefficient (Wildman–Crippen LogP) is 3.94. The molecule has 0 N–H and O–H groups in total. The molecule has 2 fully saturated rings. The second-order valence-electron chi connectivity index (χ2n) is 10.5. The molecule has 202 valence electrons. The summed E-state index contributed by atoms with van der Waals surface area (Å²) >= 11 is 0. The van der Waals surface area contributed by atoms with Crippen molar-refractivity contribution in [1.29, 1.82) is 0 Å². The lowest BCUT2D eigenvalue weighted by Crippen LogP contribution is -2.46. The summed E-state index contributed by atoms with van der Waals surface area (Å²) in [6.07, 6.45) is 1.14. The third-order valence-corrected chi connectivity index (χ3v) is 8.21. The number of halogens is 2. The molecule has 2 aromatic carbocycles. The molecule has 39 heavy (non-hydrogen) atoms. The van der Waals surface area contributed by atoms with Crippen LogP contribution in [0, 0.1) is 18.6 Å².